The van der Waals surface area contributed by atoms with Crippen LogP contribution in [0.5, 0.6) is 0 Å². The summed E-state index contributed by atoms with van der Waals surface area (Å²) >= 11 is 0. The lowest BCUT2D eigenvalue weighted by Gasteiger charge is -2.26. The van der Waals surface area contributed by atoms with E-state index in [1.165, 1.54) is 37.8 Å². The molecule has 0 spiro atoms. The lowest BCUT2D eigenvalue weighted by molar-refractivity contribution is -0.128. The van der Waals surface area contributed by atoms with Gasteiger partial charge in [0, 0.05) is 0 Å². The second-order valence-electron chi connectivity index (χ2n) is 4.73. The molecule has 0 atom stereocenters. The van der Waals surface area contributed by atoms with Crippen LogP contribution in [0.2, 0.25) is 24.7 Å². The summed E-state index contributed by atoms with van der Waals surface area (Å²) in [5.74, 6) is 0. The molecule has 0 amide bonds. The third-order valence-corrected chi connectivity index (χ3v) is 7.69. The molecule has 0 N–H and O–H groups in total. The molecule has 0 aromatic carbocycles. The summed E-state index contributed by atoms with van der Waals surface area (Å²) in [6.45, 7) is 8.17. The fourth-order valence-corrected chi connectivity index (χ4v) is 5.71. The van der Waals surface area contributed by atoms with Crippen LogP contribution < -0.4 is 0 Å². The van der Waals surface area contributed by atoms with Crippen molar-refractivity contribution in [1.82, 2.24) is 0 Å². The van der Waals surface area contributed by atoms with Crippen molar-refractivity contribution >= 4 is 14.5 Å². The molecular formula is C12H26O2Si. The molecule has 0 aliphatic heterocycles. The zero-order valence-electron chi connectivity index (χ0n) is 10.6. The summed E-state index contributed by atoms with van der Waals surface area (Å²) in [5.41, 5.74) is 0. The van der Waals surface area contributed by atoms with Crippen molar-refractivity contribution in [3.63, 3.8) is 0 Å². The van der Waals surface area contributed by atoms with Gasteiger partial charge in [0.05, 0.1) is 14.7 Å². The van der Waals surface area contributed by atoms with Gasteiger partial charge in [-0.3, -0.25) is 4.79 Å². The van der Waals surface area contributed by atoms with E-state index in [9.17, 15) is 4.79 Å². The van der Waals surface area contributed by atoms with E-state index in [4.69, 9.17) is 4.74 Å². The lowest BCUT2D eigenvalue weighted by atomic mass is 10.4. The Morgan fingerprint density at radius 2 is 1.60 bits per heavy atom. The zero-order valence-corrected chi connectivity index (χ0v) is 11.6. The lowest BCUT2D eigenvalue weighted by Crippen LogP contribution is -2.31. The summed E-state index contributed by atoms with van der Waals surface area (Å²) in [6.07, 6.45) is 5.24. The highest BCUT2D eigenvalue weighted by Crippen LogP contribution is 2.25. The maximum absolute atomic E-state index is 10.1. The van der Waals surface area contributed by atoms with Crippen LogP contribution in [-0.4, -0.2) is 21.2 Å². The SMILES string of the molecule is CCCC[Si](C)(CCCC)CCOC=O. The molecule has 0 aromatic heterocycles. The molecule has 90 valence electrons. The summed E-state index contributed by atoms with van der Waals surface area (Å²) in [7, 11) is -1.11. The van der Waals surface area contributed by atoms with E-state index in [1.54, 1.807) is 0 Å². The Morgan fingerprint density at radius 3 is 2.00 bits per heavy atom. The molecule has 2 nitrogen and oxygen atoms in total. The standard InChI is InChI=1S/C12H26O2Si/c1-4-6-9-15(3,10-7-5-2)11-8-14-12-13/h12H,4-11H2,1-3H3. The molecule has 0 unspecified atom stereocenters. The number of carbonyl (C=O) groups is 1. The van der Waals surface area contributed by atoms with Crippen LogP contribution in [0.3, 0.4) is 0 Å². The first-order valence-corrected chi connectivity index (χ1v) is 9.36. The first kappa shape index (κ1) is 14.7. The summed E-state index contributed by atoms with van der Waals surface area (Å²) < 4.78 is 4.84. The third kappa shape index (κ3) is 7.60. The van der Waals surface area contributed by atoms with Gasteiger partial charge in [-0.25, -0.2) is 0 Å². The molecule has 15 heavy (non-hydrogen) atoms. The molecule has 3 heteroatoms. The minimum Gasteiger partial charge on any atom is -0.468 e. The van der Waals surface area contributed by atoms with Crippen molar-refractivity contribution in [2.45, 2.75) is 64.2 Å². The molecule has 0 aromatic rings. The van der Waals surface area contributed by atoms with Gasteiger partial charge in [-0.05, 0) is 6.04 Å². The summed E-state index contributed by atoms with van der Waals surface area (Å²) in [5, 5.41) is 0. The highest BCUT2D eigenvalue weighted by Gasteiger charge is 2.25. The topological polar surface area (TPSA) is 26.3 Å². The van der Waals surface area contributed by atoms with Gasteiger partial charge in [0.2, 0.25) is 0 Å². The van der Waals surface area contributed by atoms with Crippen molar-refractivity contribution in [1.29, 1.82) is 0 Å². The van der Waals surface area contributed by atoms with E-state index >= 15 is 0 Å². The normalized spacial score (nSPS) is 11.4. The minimum absolute atomic E-state index is 0.578. The Morgan fingerprint density at radius 1 is 1.07 bits per heavy atom. The van der Waals surface area contributed by atoms with Crippen LogP contribution in [0, 0.1) is 0 Å². The monoisotopic (exact) mass is 230 g/mol. The van der Waals surface area contributed by atoms with Gasteiger partial charge in [-0.1, -0.05) is 58.2 Å². The highest BCUT2D eigenvalue weighted by atomic mass is 28.3. The largest absolute Gasteiger partial charge is 0.468 e. The van der Waals surface area contributed by atoms with Crippen LogP contribution in [-0.2, 0) is 9.53 Å². The number of rotatable bonds is 10. The molecule has 0 saturated heterocycles. The Labute approximate surface area is 95.4 Å². The highest BCUT2D eigenvalue weighted by molar-refractivity contribution is 6.78. The average molecular weight is 230 g/mol. The van der Waals surface area contributed by atoms with E-state index in [2.05, 4.69) is 20.4 Å². The van der Waals surface area contributed by atoms with Crippen molar-refractivity contribution in [3.05, 3.63) is 0 Å². The number of ether oxygens (including phenoxy) is 1. The van der Waals surface area contributed by atoms with Gasteiger partial charge in [-0.15, -0.1) is 0 Å². The molecular weight excluding hydrogens is 204 g/mol. The quantitative estimate of drug-likeness (QED) is 0.324. The van der Waals surface area contributed by atoms with Gasteiger partial charge in [-0.2, -0.15) is 0 Å². The van der Waals surface area contributed by atoms with E-state index in [0.717, 1.165) is 6.04 Å². The Bertz CT molecular complexity index is 152. The molecule has 0 fully saturated rings. The Hall–Kier alpha value is -0.313. The van der Waals surface area contributed by atoms with Gasteiger partial charge in [0.15, 0.2) is 0 Å². The molecule has 0 heterocycles. The second-order valence-corrected chi connectivity index (χ2v) is 9.86. The van der Waals surface area contributed by atoms with Crippen molar-refractivity contribution in [3.8, 4) is 0 Å². The predicted octanol–water partition coefficient (Wildman–Crippen LogP) is 3.84. The van der Waals surface area contributed by atoms with Crippen molar-refractivity contribution in [2.75, 3.05) is 6.61 Å². The molecule has 0 aliphatic rings. The van der Waals surface area contributed by atoms with Crippen LogP contribution in [0.4, 0.5) is 0 Å². The van der Waals surface area contributed by atoms with E-state index in [1.807, 2.05) is 0 Å². The number of carbonyl (C=O) groups excluding carboxylic acids is 1. The van der Waals surface area contributed by atoms with E-state index < -0.39 is 8.07 Å². The Balaban J connectivity index is 3.94. The van der Waals surface area contributed by atoms with Crippen LogP contribution in [0.1, 0.15) is 39.5 Å². The summed E-state index contributed by atoms with van der Waals surface area (Å²) in [6, 6.07) is 3.93. The number of unbranched alkanes of at least 4 members (excludes halogenated alkanes) is 2. The van der Waals surface area contributed by atoms with Gasteiger partial charge in [0.25, 0.3) is 6.47 Å². The molecule has 0 rings (SSSR count). The van der Waals surface area contributed by atoms with E-state index in [-0.39, 0.29) is 0 Å². The third-order valence-electron chi connectivity index (χ3n) is 3.16. The predicted molar refractivity (Wildman–Crippen MR) is 67.9 cm³/mol. The van der Waals surface area contributed by atoms with Gasteiger partial charge < -0.3 is 4.74 Å². The van der Waals surface area contributed by atoms with Gasteiger partial charge >= 0.3 is 0 Å². The van der Waals surface area contributed by atoms with Crippen molar-refractivity contribution in [2.24, 2.45) is 0 Å². The van der Waals surface area contributed by atoms with Crippen LogP contribution in [0.25, 0.3) is 0 Å². The first-order valence-electron chi connectivity index (χ1n) is 6.23. The average Bonchev–Trinajstić information content (AvgIpc) is 2.24. The van der Waals surface area contributed by atoms with Crippen molar-refractivity contribution < 1.29 is 9.53 Å². The van der Waals surface area contributed by atoms with Crippen LogP contribution in [0.15, 0.2) is 0 Å². The smallest absolute Gasteiger partial charge is 0.293 e. The molecule has 0 bridgehead atoms. The second kappa shape index (κ2) is 8.95. The Kier molecular flexibility index (Phi) is 8.77. The first-order chi connectivity index (χ1) is 7.18. The van der Waals surface area contributed by atoms with E-state index in [0.29, 0.717) is 13.1 Å². The summed E-state index contributed by atoms with van der Waals surface area (Å²) in [4.78, 5) is 10.1. The fourth-order valence-electron chi connectivity index (χ4n) is 1.94. The maximum atomic E-state index is 10.1. The molecule has 0 aliphatic carbocycles. The maximum Gasteiger partial charge on any atom is 0.293 e. The molecule has 0 saturated carbocycles. The fraction of sp³-hybridized carbons (Fsp3) is 0.917. The zero-order chi connectivity index (χ0) is 11.6. The number of hydrogen-bond acceptors (Lipinski definition) is 2. The van der Waals surface area contributed by atoms with Gasteiger partial charge in [0.1, 0.15) is 0 Å². The number of hydrogen-bond donors (Lipinski definition) is 0. The molecule has 0 radical (unpaired) electrons. The minimum atomic E-state index is -1.11. The van der Waals surface area contributed by atoms with Crippen LogP contribution >= 0.6 is 0 Å².